The zero-order valence-electron chi connectivity index (χ0n) is 11.3. The summed E-state index contributed by atoms with van der Waals surface area (Å²) in [5.41, 5.74) is 0. The van der Waals surface area contributed by atoms with Gasteiger partial charge in [-0.1, -0.05) is 51.2 Å². The van der Waals surface area contributed by atoms with E-state index < -0.39 is 0 Å². The minimum atomic E-state index is -0.123. The average Bonchev–Trinajstić information content (AvgIpc) is 2.25. The molecule has 0 aromatic rings. The Balaban J connectivity index is 3.04. The number of hydrogen-bond donors (Lipinski definition) is 1. The monoisotopic (exact) mass is 226 g/mol. The Morgan fingerprint density at radius 2 is 1.44 bits per heavy atom. The van der Waals surface area contributed by atoms with Gasteiger partial charge in [-0.05, 0) is 39.0 Å². The largest absolute Gasteiger partial charge is 0.393 e. The minimum absolute atomic E-state index is 0.123. The predicted molar refractivity (Wildman–Crippen MR) is 72.7 cm³/mol. The fourth-order valence-corrected chi connectivity index (χ4v) is 1.80. The van der Waals surface area contributed by atoms with E-state index in [2.05, 4.69) is 19.1 Å². The number of aliphatic hydroxyl groups excluding tert-OH is 1. The van der Waals surface area contributed by atoms with Crippen molar-refractivity contribution in [2.24, 2.45) is 0 Å². The maximum absolute atomic E-state index is 9.08. The van der Waals surface area contributed by atoms with Gasteiger partial charge >= 0.3 is 0 Å². The average molecular weight is 226 g/mol. The van der Waals surface area contributed by atoms with Crippen LogP contribution < -0.4 is 0 Å². The van der Waals surface area contributed by atoms with Crippen LogP contribution in [0.3, 0.4) is 0 Å². The van der Waals surface area contributed by atoms with Crippen molar-refractivity contribution in [3.63, 3.8) is 0 Å². The summed E-state index contributed by atoms with van der Waals surface area (Å²) in [4.78, 5) is 0. The molecule has 16 heavy (non-hydrogen) atoms. The lowest BCUT2D eigenvalue weighted by molar-refractivity contribution is 0.181. The molecule has 1 nitrogen and oxygen atoms in total. The van der Waals surface area contributed by atoms with Crippen molar-refractivity contribution in [3.05, 3.63) is 12.2 Å². The molecule has 0 aliphatic carbocycles. The van der Waals surface area contributed by atoms with Gasteiger partial charge in [-0.3, -0.25) is 0 Å². The van der Waals surface area contributed by atoms with Crippen molar-refractivity contribution in [2.75, 3.05) is 0 Å². The SMILES string of the molecule is CCCCCCC/C=C\CCCCC(C)O. The maximum atomic E-state index is 9.08. The third-order valence-electron chi connectivity index (χ3n) is 2.88. The summed E-state index contributed by atoms with van der Waals surface area (Å²) in [5.74, 6) is 0. The van der Waals surface area contributed by atoms with Gasteiger partial charge in [-0.15, -0.1) is 0 Å². The zero-order valence-corrected chi connectivity index (χ0v) is 11.3. The summed E-state index contributed by atoms with van der Waals surface area (Å²) in [6.07, 6.45) is 17.1. The van der Waals surface area contributed by atoms with Crippen LogP contribution in [-0.4, -0.2) is 11.2 Å². The van der Waals surface area contributed by atoms with E-state index in [1.165, 1.54) is 51.4 Å². The molecule has 96 valence electrons. The van der Waals surface area contributed by atoms with E-state index in [1.54, 1.807) is 0 Å². The molecule has 0 aliphatic rings. The topological polar surface area (TPSA) is 20.2 Å². The van der Waals surface area contributed by atoms with Gasteiger partial charge in [0.1, 0.15) is 0 Å². The Morgan fingerprint density at radius 1 is 0.875 bits per heavy atom. The van der Waals surface area contributed by atoms with Crippen molar-refractivity contribution in [2.45, 2.75) is 84.2 Å². The summed E-state index contributed by atoms with van der Waals surface area (Å²) in [7, 11) is 0. The standard InChI is InChI=1S/C15H30O/c1-3-4-5-6-7-8-9-10-11-12-13-14-15(2)16/h9-10,15-16H,3-8,11-14H2,1-2H3/b10-9-. The van der Waals surface area contributed by atoms with Crippen LogP contribution in [0, 0.1) is 0 Å². The lowest BCUT2D eigenvalue weighted by Crippen LogP contribution is -1.97. The van der Waals surface area contributed by atoms with E-state index in [0.717, 1.165) is 12.8 Å². The second-order valence-electron chi connectivity index (χ2n) is 4.81. The molecule has 0 saturated carbocycles. The van der Waals surface area contributed by atoms with Gasteiger partial charge in [0.05, 0.1) is 6.10 Å². The van der Waals surface area contributed by atoms with Gasteiger partial charge in [-0.25, -0.2) is 0 Å². The van der Waals surface area contributed by atoms with Gasteiger partial charge in [0.2, 0.25) is 0 Å². The fraction of sp³-hybridized carbons (Fsp3) is 0.867. The molecule has 0 radical (unpaired) electrons. The summed E-state index contributed by atoms with van der Waals surface area (Å²) < 4.78 is 0. The molecule has 0 aromatic carbocycles. The summed E-state index contributed by atoms with van der Waals surface area (Å²) in [6, 6.07) is 0. The minimum Gasteiger partial charge on any atom is -0.393 e. The maximum Gasteiger partial charge on any atom is 0.0512 e. The summed E-state index contributed by atoms with van der Waals surface area (Å²) in [6.45, 7) is 4.12. The Hall–Kier alpha value is -0.300. The molecule has 0 spiro atoms. The van der Waals surface area contributed by atoms with E-state index in [9.17, 15) is 0 Å². The first-order chi connectivity index (χ1) is 7.77. The van der Waals surface area contributed by atoms with Gasteiger partial charge < -0.3 is 5.11 Å². The molecule has 1 N–H and O–H groups in total. The highest BCUT2D eigenvalue weighted by atomic mass is 16.3. The first kappa shape index (κ1) is 15.7. The Bertz CT molecular complexity index is 150. The lowest BCUT2D eigenvalue weighted by atomic mass is 10.1. The molecule has 0 amide bonds. The normalized spacial score (nSPS) is 13.4. The van der Waals surface area contributed by atoms with Crippen LogP contribution in [0.25, 0.3) is 0 Å². The number of allylic oxidation sites excluding steroid dienone is 2. The number of unbranched alkanes of at least 4 members (excludes halogenated alkanes) is 7. The molecule has 0 bridgehead atoms. The highest BCUT2D eigenvalue weighted by molar-refractivity contribution is 4.81. The molecule has 1 unspecified atom stereocenters. The molecule has 0 heterocycles. The Kier molecular flexibility index (Phi) is 12.5. The number of aliphatic hydroxyl groups is 1. The Labute approximate surface area is 102 Å². The fourth-order valence-electron chi connectivity index (χ4n) is 1.80. The quantitative estimate of drug-likeness (QED) is 0.394. The Morgan fingerprint density at radius 3 is 2.00 bits per heavy atom. The molecule has 0 rings (SSSR count). The zero-order chi connectivity index (χ0) is 12.1. The van der Waals surface area contributed by atoms with Gasteiger partial charge in [0.25, 0.3) is 0 Å². The highest BCUT2D eigenvalue weighted by Gasteiger charge is 1.93. The van der Waals surface area contributed by atoms with Crippen molar-refractivity contribution in [1.29, 1.82) is 0 Å². The van der Waals surface area contributed by atoms with Crippen molar-refractivity contribution >= 4 is 0 Å². The second-order valence-corrected chi connectivity index (χ2v) is 4.81. The first-order valence-electron chi connectivity index (χ1n) is 7.10. The van der Waals surface area contributed by atoms with E-state index in [1.807, 2.05) is 6.92 Å². The number of hydrogen-bond acceptors (Lipinski definition) is 1. The van der Waals surface area contributed by atoms with Crippen LogP contribution in [-0.2, 0) is 0 Å². The second kappa shape index (κ2) is 12.8. The van der Waals surface area contributed by atoms with Crippen LogP contribution in [0.15, 0.2) is 12.2 Å². The highest BCUT2D eigenvalue weighted by Crippen LogP contribution is 2.07. The van der Waals surface area contributed by atoms with Crippen molar-refractivity contribution < 1.29 is 5.11 Å². The molecule has 0 aromatic heterocycles. The predicted octanol–water partition coefficient (Wildman–Crippen LogP) is 4.84. The van der Waals surface area contributed by atoms with E-state index in [-0.39, 0.29) is 6.10 Å². The molecule has 1 heteroatoms. The van der Waals surface area contributed by atoms with Gasteiger partial charge in [-0.2, -0.15) is 0 Å². The molecule has 1 atom stereocenters. The first-order valence-corrected chi connectivity index (χ1v) is 7.10. The molecule has 0 fully saturated rings. The van der Waals surface area contributed by atoms with Gasteiger partial charge in [0, 0.05) is 0 Å². The van der Waals surface area contributed by atoms with Crippen LogP contribution >= 0.6 is 0 Å². The summed E-state index contributed by atoms with van der Waals surface area (Å²) >= 11 is 0. The smallest absolute Gasteiger partial charge is 0.0512 e. The molecular formula is C15H30O. The van der Waals surface area contributed by atoms with Crippen LogP contribution in [0.2, 0.25) is 0 Å². The van der Waals surface area contributed by atoms with Crippen LogP contribution in [0.4, 0.5) is 0 Å². The van der Waals surface area contributed by atoms with E-state index >= 15 is 0 Å². The lowest BCUT2D eigenvalue weighted by Gasteiger charge is -2.01. The van der Waals surface area contributed by atoms with Crippen molar-refractivity contribution in [3.8, 4) is 0 Å². The number of rotatable bonds is 11. The van der Waals surface area contributed by atoms with E-state index in [4.69, 9.17) is 5.11 Å². The third kappa shape index (κ3) is 13.7. The van der Waals surface area contributed by atoms with Crippen molar-refractivity contribution in [1.82, 2.24) is 0 Å². The van der Waals surface area contributed by atoms with Crippen LogP contribution in [0.5, 0.6) is 0 Å². The van der Waals surface area contributed by atoms with Crippen LogP contribution in [0.1, 0.15) is 78.1 Å². The molecule has 0 aliphatic heterocycles. The van der Waals surface area contributed by atoms with E-state index in [0.29, 0.717) is 0 Å². The summed E-state index contributed by atoms with van der Waals surface area (Å²) in [5, 5.41) is 9.08. The molecule has 0 saturated heterocycles. The molecular weight excluding hydrogens is 196 g/mol. The third-order valence-corrected chi connectivity index (χ3v) is 2.88. The van der Waals surface area contributed by atoms with Gasteiger partial charge in [0.15, 0.2) is 0 Å².